The summed E-state index contributed by atoms with van der Waals surface area (Å²) in [5.74, 6) is 0.692. The Balaban J connectivity index is 2.04. The van der Waals surface area contributed by atoms with E-state index in [0.717, 1.165) is 20.3 Å². The van der Waals surface area contributed by atoms with Crippen LogP contribution in [0.3, 0.4) is 0 Å². The number of ether oxygens (including phenoxy) is 1. The van der Waals surface area contributed by atoms with Crippen molar-refractivity contribution in [3.05, 3.63) is 62.5 Å². The highest BCUT2D eigenvalue weighted by Crippen LogP contribution is 2.21. The topological polar surface area (TPSA) is 38.3 Å². The molecule has 0 spiro atoms. The van der Waals surface area contributed by atoms with Gasteiger partial charge < -0.3 is 10.1 Å². The molecule has 2 rings (SSSR count). The molecule has 2 aromatic carbocycles. The van der Waals surface area contributed by atoms with Crippen LogP contribution >= 0.6 is 31.9 Å². The Kier molecular flexibility index (Phi) is 5.82. The standard InChI is InChI=1S/C16H15Br2NO2/c1-2-21-13-5-3-4-11(8-13)10-19-16(20)14-9-12(17)6-7-15(14)18/h3-9H,2,10H2,1H3,(H,19,20). The molecule has 0 saturated carbocycles. The summed E-state index contributed by atoms with van der Waals surface area (Å²) in [6.07, 6.45) is 0. The maximum atomic E-state index is 12.2. The summed E-state index contributed by atoms with van der Waals surface area (Å²) < 4.78 is 7.09. The molecule has 1 N–H and O–H groups in total. The number of benzene rings is 2. The molecule has 1 amide bonds. The number of carbonyl (C=O) groups is 1. The van der Waals surface area contributed by atoms with Gasteiger partial charge in [-0.1, -0.05) is 28.1 Å². The minimum absolute atomic E-state index is 0.120. The van der Waals surface area contributed by atoms with E-state index in [-0.39, 0.29) is 5.91 Å². The second-order valence-electron chi connectivity index (χ2n) is 4.39. The minimum Gasteiger partial charge on any atom is -0.494 e. The number of carbonyl (C=O) groups excluding carboxylic acids is 1. The molecule has 2 aromatic rings. The molecule has 0 atom stereocenters. The zero-order chi connectivity index (χ0) is 15.2. The molecule has 0 heterocycles. The lowest BCUT2D eigenvalue weighted by Gasteiger charge is -2.09. The number of hydrogen-bond acceptors (Lipinski definition) is 2. The first kappa shape index (κ1) is 16.0. The molecule has 110 valence electrons. The molecule has 3 nitrogen and oxygen atoms in total. The van der Waals surface area contributed by atoms with Crippen molar-refractivity contribution < 1.29 is 9.53 Å². The number of halogens is 2. The lowest BCUT2D eigenvalue weighted by molar-refractivity contribution is 0.0950. The molecule has 0 fully saturated rings. The van der Waals surface area contributed by atoms with Crippen molar-refractivity contribution in [3.8, 4) is 5.75 Å². The Labute approximate surface area is 141 Å². The molecule has 21 heavy (non-hydrogen) atoms. The first-order valence-electron chi connectivity index (χ1n) is 6.55. The molecule has 0 aliphatic carbocycles. The van der Waals surface area contributed by atoms with Gasteiger partial charge in [-0.3, -0.25) is 4.79 Å². The minimum atomic E-state index is -0.120. The van der Waals surface area contributed by atoms with E-state index in [1.165, 1.54) is 0 Å². The molecule has 0 saturated heterocycles. The van der Waals surface area contributed by atoms with Gasteiger partial charge >= 0.3 is 0 Å². The zero-order valence-electron chi connectivity index (χ0n) is 11.5. The fourth-order valence-corrected chi connectivity index (χ4v) is 2.65. The fraction of sp³-hybridized carbons (Fsp3) is 0.188. The van der Waals surface area contributed by atoms with Crippen molar-refractivity contribution in [1.82, 2.24) is 5.32 Å². The van der Waals surface area contributed by atoms with Crippen LogP contribution < -0.4 is 10.1 Å². The average Bonchev–Trinajstić information content (AvgIpc) is 2.48. The second kappa shape index (κ2) is 7.61. The van der Waals surface area contributed by atoms with E-state index in [1.807, 2.05) is 43.3 Å². The van der Waals surface area contributed by atoms with E-state index in [1.54, 1.807) is 6.07 Å². The van der Waals surface area contributed by atoms with E-state index in [2.05, 4.69) is 37.2 Å². The SMILES string of the molecule is CCOc1cccc(CNC(=O)c2cc(Br)ccc2Br)c1. The van der Waals surface area contributed by atoms with E-state index >= 15 is 0 Å². The van der Waals surface area contributed by atoms with Gasteiger partial charge in [0.1, 0.15) is 5.75 Å². The van der Waals surface area contributed by atoms with Crippen LogP contribution in [-0.2, 0) is 6.54 Å². The lowest BCUT2D eigenvalue weighted by Crippen LogP contribution is -2.23. The Bertz CT molecular complexity index is 644. The molecule has 0 radical (unpaired) electrons. The fourth-order valence-electron chi connectivity index (χ4n) is 1.86. The van der Waals surface area contributed by atoms with Crippen LogP contribution in [0.4, 0.5) is 0 Å². The Morgan fingerprint density at radius 1 is 1.19 bits per heavy atom. The molecular formula is C16H15Br2NO2. The highest BCUT2D eigenvalue weighted by Gasteiger charge is 2.10. The van der Waals surface area contributed by atoms with Crippen molar-refractivity contribution in [1.29, 1.82) is 0 Å². The summed E-state index contributed by atoms with van der Waals surface area (Å²) in [7, 11) is 0. The molecule has 0 aliphatic heterocycles. The number of amides is 1. The number of nitrogens with one attached hydrogen (secondary N) is 1. The zero-order valence-corrected chi connectivity index (χ0v) is 14.7. The predicted molar refractivity (Wildman–Crippen MR) is 90.6 cm³/mol. The van der Waals surface area contributed by atoms with Crippen LogP contribution in [0.2, 0.25) is 0 Å². The van der Waals surface area contributed by atoms with E-state index in [0.29, 0.717) is 18.7 Å². The Morgan fingerprint density at radius 3 is 2.76 bits per heavy atom. The van der Waals surface area contributed by atoms with Crippen LogP contribution in [0, 0.1) is 0 Å². The second-order valence-corrected chi connectivity index (χ2v) is 6.16. The predicted octanol–water partition coefficient (Wildman–Crippen LogP) is 4.54. The molecule has 5 heteroatoms. The summed E-state index contributed by atoms with van der Waals surface area (Å²) in [5, 5.41) is 2.91. The number of rotatable bonds is 5. The van der Waals surface area contributed by atoms with Crippen LogP contribution in [0.1, 0.15) is 22.8 Å². The monoisotopic (exact) mass is 411 g/mol. The maximum Gasteiger partial charge on any atom is 0.252 e. The van der Waals surface area contributed by atoms with E-state index < -0.39 is 0 Å². The summed E-state index contributed by atoms with van der Waals surface area (Å²) in [6, 6.07) is 13.2. The van der Waals surface area contributed by atoms with Crippen molar-refractivity contribution >= 4 is 37.8 Å². The highest BCUT2D eigenvalue weighted by molar-refractivity contribution is 9.11. The molecule has 0 aromatic heterocycles. The summed E-state index contributed by atoms with van der Waals surface area (Å²) in [4.78, 5) is 12.2. The Morgan fingerprint density at radius 2 is 2.00 bits per heavy atom. The maximum absolute atomic E-state index is 12.2. The lowest BCUT2D eigenvalue weighted by atomic mass is 10.2. The molecule has 0 unspecified atom stereocenters. The number of hydrogen-bond donors (Lipinski definition) is 1. The summed E-state index contributed by atoms with van der Waals surface area (Å²) in [6.45, 7) is 3.03. The van der Waals surface area contributed by atoms with Crippen LogP contribution in [0.5, 0.6) is 5.75 Å². The average molecular weight is 413 g/mol. The van der Waals surface area contributed by atoms with Gasteiger partial charge in [0.15, 0.2) is 0 Å². The third-order valence-corrected chi connectivity index (χ3v) is 4.02. The molecule has 0 bridgehead atoms. The highest BCUT2D eigenvalue weighted by atomic mass is 79.9. The van der Waals surface area contributed by atoms with Gasteiger partial charge in [-0.05, 0) is 58.7 Å². The van der Waals surface area contributed by atoms with Crippen LogP contribution in [0.25, 0.3) is 0 Å². The van der Waals surface area contributed by atoms with E-state index in [4.69, 9.17) is 4.74 Å². The molecular weight excluding hydrogens is 398 g/mol. The van der Waals surface area contributed by atoms with Crippen LogP contribution in [-0.4, -0.2) is 12.5 Å². The van der Waals surface area contributed by atoms with Crippen molar-refractivity contribution in [2.24, 2.45) is 0 Å². The normalized spacial score (nSPS) is 10.2. The first-order valence-corrected chi connectivity index (χ1v) is 8.13. The van der Waals surface area contributed by atoms with Crippen molar-refractivity contribution in [3.63, 3.8) is 0 Å². The van der Waals surface area contributed by atoms with Gasteiger partial charge in [0.05, 0.1) is 12.2 Å². The van der Waals surface area contributed by atoms with Crippen molar-refractivity contribution in [2.45, 2.75) is 13.5 Å². The van der Waals surface area contributed by atoms with Gasteiger partial charge in [-0.15, -0.1) is 0 Å². The largest absolute Gasteiger partial charge is 0.494 e. The van der Waals surface area contributed by atoms with Gasteiger partial charge in [-0.2, -0.15) is 0 Å². The van der Waals surface area contributed by atoms with Crippen molar-refractivity contribution in [2.75, 3.05) is 6.61 Å². The summed E-state index contributed by atoms with van der Waals surface area (Å²) >= 11 is 6.76. The Hall–Kier alpha value is -1.33. The quantitative estimate of drug-likeness (QED) is 0.782. The summed E-state index contributed by atoms with van der Waals surface area (Å²) in [5.41, 5.74) is 1.60. The third kappa shape index (κ3) is 4.58. The third-order valence-electron chi connectivity index (χ3n) is 2.84. The van der Waals surface area contributed by atoms with Gasteiger partial charge in [-0.25, -0.2) is 0 Å². The smallest absolute Gasteiger partial charge is 0.252 e. The molecule has 0 aliphatic rings. The van der Waals surface area contributed by atoms with E-state index in [9.17, 15) is 4.79 Å². The van der Waals surface area contributed by atoms with Gasteiger partial charge in [0.2, 0.25) is 0 Å². The van der Waals surface area contributed by atoms with Crippen LogP contribution in [0.15, 0.2) is 51.4 Å². The van der Waals surface area contributed by atoms with Gasteiger partial charge in [0.25, 0.3) is 5.91 Å². The first-order chi connectivity index (χ1) is 10.1. The van der Waals surface area contributed by atoms with Gasteiger partial charge in [0, 0.05) is 15.5 Å².